The molecule has 1 heterocycles. The van der Waals surface area contributed by atoms with E-state index in [-0.39, 0.29) is 11.7 Å². The normalized spacial score (nSPS) is 15.1. The van der Waals surface area contributed by atoms with Crippen molar-refractivity contribution in [3.63, 3.8) is 0 Å². The lowest BCUT2D eigenvalue weighted by atomic mass is 10.0. The number of amides is 1. The van der Waals surface area contributed by atoms with Crippen LogP contribution in [0.3, 0.4) is 0 Å². The molecule has 0 N–H and O–H groups in total. The number of carbonyl (C=O) groups is 1. The zero-order chi connectivity index (χ0) is 16.2. The van der Waals surface area contributed by atoms with Gasteiger partial charge in [0.15, 0.2) is 0 Å². The maximum atomic E-state index is 12.6. The van der Waals surface area contributed by atoms with Crippen LogP contribution in [0.2, 0.25) is 0 Å². The summed E-state index contributed by atoms with van der Waals surface area (Å²) in [5.74, 6) is 0.480. The Morgan fingerprint density at radius 3 is 2.83 bits per heavy atom. The van der Waals surface area contributed by atoms with E-state index >= 15 is 0 Å². The third-order valence-corrected chi connectivity index (χ3v) is 5.33. The van der Waals surface area contributed by atoms with Crippen molar-refractivity contribution < 1.29 is 9.00 Å². The van der Waals surface area contributed by atoms with Gasteiger partial charge in [0, 0.05) is 28.8 Å². The van der Waals surface area contributed by atoms with E-state index in [1.165, 1.54) is 5.56 Å². The number of hydrogen-bond donors (Lipinski definition) is 0. The first-order valence-electron chi connectivity index (χ1n) is 7.92. The van der Waals surface area contributed by atoms with E-state index in [1.807, 2.05) is 49.4 Å². The Morgan fingerprint density at radius 2 is 2.00 bits per heavy atom. The van der Waals surface area contributed by atoms with Crippen LogP contribution >= 0.6 is 0 Å². The van der Waals surface area contributed by atoms with E-state index in [0.29, 0.717) is 5.75 Å². The lowest BCUT2D eigenvalue weighted by Gasteiger charge is -2.29. The van der Waals surface area contributed by atoms with Crippen LogP contribution in [0.25, 0.3) is 0 Å². The lowest BCUT2D eigenvalue weighted by Crippen LogP contribution is -2.38. The first kappa shape index (κ1) is 15.9. The number of benzene rings is 2. The van der Waals surface area contributed by atoms with Gasteiger partial charge in [-0.05, 0) is 37.0 Å². The number of fused-ring (bicyclic) bond motifs is 1. The highest BCUT2D eigenvalue weighted by atomic mass is 32.2. The SMILES string of the molecule is Cc1cccc(CS(=O)CC(=O)N2CCCc3ccccc32)c1. The van der Waals surface area contributed by atoms with E-state index in [4.69, 9.17) is 0 Å². The highest BCUT2D eigenvalue weighted by Gasteiger charge is 2.23. The van der Waals surface area contributed by atoms with Crippen molar-refractivity contribution in [2.45, 2.75) is 25.5 Å². The standard InChI is InChI=1S/C19H21NO2S/c1-15-6-4-7-16(12-15)13-23(22)14-19(21)20-11-5-9-17-8-2-3-10-18(17)20/h2-4,6-8,10,12H,5,9,11,13-14H2,1H3. The van der Waals surface area contributed by atoms with E-state index in [1.54, 1.807) is 4.90 Å². The second kappa shape index (κ2) is 7.09. The first-order valence-corrected chi connectivity index (χ1v) is 9.41. The first-order chi connectivity index (χ1) is 11.1. The van der Waals surface area contributed by atoms with Gasteiger partial charge in [-0.1, -0.05) is 48.0 Å². The topological polar surface area (TPSA) is 37.4 Å². The Hall–Kier alpha value is -1.94. The molecule has 0 saturated heterocycles. The number of rotatable bonds is 4. The molecule has 0 bridgehead atoms. The minimum atomic E-state index is -1.18. The molecule has 3 nitrogen and oxygen atoms in total. The van der Waals surface area contributed by atoms with Gasteiger partial charge in [0.2, 0.25) is 5.91 Å². The maximum Gasteiger partial charge on any atom is 0.239 e. The zero-order valence-corrected chi connectivity index (χ0v) is 14.1. The Kier molecular flexibility index (Phi) is 4.91. The molecule has 0 radical (unpaired) electrons. The molecule has 2 aromatic rings. The van der Waals surface area contributed by atoms with Crippen molar-refractivity contribution in [2.24, 2.45) is 0 Å². The molecule has 1 unspecified atom stereocenters. The quantitative estimate of drug-likeness (QED) is 0.864. The second-order valence-electron chi connectivity index (χ2n) is 6.00. The van der Waals surface area contributed by atoms with E-state index in [9.17, 15) is 9.00 Å². The molecule has 1 atom stereocenters. The van der Waals surface area contributed by atoms with Crippen LogP contribution in [-0.4, -0.2) is 22.4 Å². The molecule has 1 aliphatic heterocycles. The smallest absolute Gasteiger partial charge is 0.239 e. The van der Waals surface area contributed by atoms with Gasteiger partial charge in [0.25, 0.3) is 0 Å². The van der Waals surface area contributed by atoms with E-state index in [0.717, 1.165) is 36.2 Å². The lowest BCUT2D eigenvalue weighted by molar-refractivity contribution is -0.116. The van der Waals surface area contributed by atoms with E-state index < -0.39 is 10.8 Å². The predicted octanol–water partition coefficient (Wildman–Crippen LogP) is 3.22. The van der Waals surface area contributed by atoms with E-state index in [2.05, 4.69) is 6.07 Å². The minimum Gasteiger partial charge on any atom is -0.311 e. The molecule has 3 rings (SSSR count). The Labute approximate surface area is 139 Å². The number of aryl methyl sites for hydroxylation is 2. The van der Waals surface area contributed by atoms with Crippen LogP contribution in [0.5, 0.6) is 0 Å². The average Bonchev–Trinajstić information content (AvgIpc) is 2.54. The van der Waals surface area contributed by atoms with Crippen LogP contribution in [-0.2, 0) is 27.8 Å². The van der Waals surface area contributed by atoms with Gasteiger partial charge in [-0.25, -0.2) is 0 Å². The third kappa shape index (κ3) is 3.88. The van der Waals surface area contributed by atoms with Crippen LogP contribution in [0, 0.1) is 6.92 Å². The molecule has 120 valence electrons. The molecule has 4 heteroatoms. The molecular formula is C19H21NO2S. The summed E-state index contributed by atoms with van der Waals surface area (Å²) >= 11 is 0. The summed E-state index contributed by atoms with van der Waals surface area (Å²) in [6.07, 6.45) is 1.97. The summed E-state index contributed by atoms with van der Waals surface area (Å²) < 4.78 is 12.4. The summed E-state index contributed by atoms with van der Waals surface area (Å²) in [4.78, 5) is 14.4. The fourth-order valence-corrected chi connectivity index (χ4v) is 4.13. The number of para-hydroxylation sites is 1. The molecule has 0 aliphatic carbocycles. The predicted molar refractivity (Wildman–Crippen MR) is 95.0 cm³/mol. The van der Waals surface area contributed by atoms with Crippen molar-refractivity contribution >= 4 is 22.4 Å². The summed E-state index contributed by atoms with van der Waals surface area (Å²) in [6, 6.07) is 16.0. The Balaban J connectivity index is 1.67. The molecule has 0 saturated carbocycles. The fraction of sp³-hybridized carbons (Fsp3) is 0.316. The monoisotopic (exact) mass is 327 g/mol. The van der Waals surface area contributed by atoms with Gasteiger partial charge in [-0.3, -0.25) is 9.00 Å². The van der Waals surface area contributed by atoms with Crippen molar-refractivity contribution in [1.82, 2.24) is 0 Å². The number of anilines is 1. The number of carbonyl (C=O) groups excluding carboxylic acids is 1. The van der Waals surface area contributed by atoms with Gasteiger partial charge in [-0.15, -0.1) is 0 Å². The fourth-order valence-electron chi connectivity index (χ4n) is 3.05. The average molecular weight is 327 g/mol. The number of nitrogens with zero attached hydrogens (tertiary/aromatic N) is 1. The molecule has 1 amide bonds. The highest BCUT2D eigenvalue weighted by Crippen LogP contribution is 2.26. The molecule has 2 aromatic carbocycles. The van der Waals surface area contributed by atoms with Gasteiger partial charge in [0.1, 0.15) is 5.75 Å². The van der Waals surface area contributed by atoms with Gasteiger partial charge >= 0.3 is 0 Å². The Morgan fingerprint density at radius 1 is 1.17 bits per heavy atom. The zero-order valence-electron chi connectivity index (χ0n) is 13.3. The maximum absolute atomic E-state index is 12.6. The van der Waals surface area contributed by atoms with Gasteiger partial charge < -0.3 is 4.90 Å². The number of hydrogen-bond acceptors (Lipinski definition) is 2. The van der Waals surface area contributed by atoms with Gasteiger partial charge in [-0.2, -0.15) is 0 Å². The summed E-state index contributed by atoms with van der Waals surface area (Å²) in [5, 5.41) is 0. The van der Waals surface area contributed by atoms with Crippen LogP contribution in [0.1, 0.15) is 23.1 Å². The molecule has 0 aromatic heterocycles. The molecule has 23 heavy (non-hydrogen) atoms. The van der Waals surface area contributed by atoms with Crippen LogP contribution in [0.4, 0.5) is 5.69 Å². The second-order valence-corrected chi connectivity index (χ2v) is 7.45. The summed E-state index contributed by atoms with van der Waals surface area (Å²) in [7, 11) is -1.18. The minimum absolute atomic E-state index is 0.0388. The third-order valence-electron chi connectivity index (χ3n) is 4.11. The summed E-state index contributed by atoms with van der Waals surface area (Å²) in [6.45, 7) is 2.74. The van der Waals surface area contributed by atoms with Gasteiger partial charge in [0.05, 0.1) is 0 Å². The van der Waals surface area contributed by atoms with Crippen LogP contribution < -0.4 is 4.90 Å². The van der Waals surface area contributed by atoms with Crippen molar-refractivity contribution in [1.29, 1.82) is 0 Å². The van der Waals surface area contributed by atoms with Crippen molar-refractivity contribution in [3.8, 4) is 0 Å². The van der Waals surface area contributed by atoms with Crippen molar-refractivity contribution in [2.75, 3.05) is 17.2 Å². The summed E-state index contributed by atoms with van der Waals surface area (Å²) in [5.41, 5.74) is 4.36. The largest absolute Gasteiger partial charge is 0.311 e. The molecule has 1 aliphatic rings. The molecule has 0 fully saturated rings. The Bertz CT molecular complexity index is 742. The molecular weight excluding hydrogens is 306 g/mol. The highest BCUT2D eigenvalue weighted by molar-refractivity contribution is 7.84. The van der Waals surface area contributed by atoms with Crippen LogP contribution in [0.15, 0.2) is 48.5 Å². The molecule has 0 spiro atoms. The van der Waals surface area contributed by atoms with Crippen molar-refractivity contribution in [3.05, 3.63) is 65.2 Å².